The van der Waals surface area contributed by atoms with E-state index < -0.39 is 0 Å². The highest BCUT2D eigenvalue weighted by Gasteiger charge is 2.24. The minimum Gasteiger partial charge on any atom is -0.379 e. The Bertz CT molecular complexity index is 1480. The summed E-state index contributed by atoms with van der Waals surface area (Å²) in [6, 6.07) is 20.0. The molecule has 0 aliphatic carbocycles. The summed E-state index contributed by atoms with van der Waals surface area (Å²) in [7, 11) is 2.74. The maximum Gasteiger partial charge on any atom is 0.281 e. The number of hydrogen-bond donors (Lipinski definition) is 0. The summed E-state index contributed by atoms with van der Waals surface area (Å²) >= 11 is 0. The van der Waals surface area contributed by atoms with Crippen LogP contribution < -0.4 is 5.30 Å². The fourth-order valence-corrected chi connectivity index (χ4v) is 4.64. The molecule has 1 saturated heterocycles. The van der Waals surface area contributed by atoms with Gasteiger partial charge in [-0.15, -0.1) is 14.3 Å². The van der Waals surface area contributed by atoms with Crippen molar-refractivity contribution in [1.82, 2.24) is 35.0 Å². The van der Waals surface area contributed by atoms with E-state index in [1.807, 2.05) is 48.5 Å². The summed E-state index contributed by atoms with van der Waals surface area (Å²) in [5.74, 6) is 0.818. The minimum atomic E-state index is 0.308. The molecule has 0 bridgehead atoms. The van der Waals surface area contributed by atoms with Gasteiger partial charge in [0.05, 0.1) is 18.9 Å². The van der Waals surface area contributed by atoms with Gasteiger partial charge in [0.25, 0.3) is 5.89 Å². The van der Waals surface area contributed by atoms with Crippen LogP contribution in [0.4, 0.5) is 0 Å². The lowest BCUT2D eigenvalue weighted by Crippen LogP contribution is -2.35. The van der Waals surface area contributed by atoms with Crippen molar-refractivity contribution in [3.8, 4) is 39.9 Å². The third-order valence-corrected chi connectivity index (χ3v) is 6.60. The van der Waals surface area contributed by atoms with Gasteiger partial charge in [0.15, 0.2) is 5.69 Å². The van der Waals surface area contributed by atoms with E-state index in [-0.39, 0.29) is 0 Å². The highest BCUT2D eigenvalue weighted by atomic mass is 31.0. The summed E-state index contributed by atoms with van der Waals surface area (Å²) in [6.07, 6.45) is 3.48. The van der Waals surface area contributed by atoms with Gasteiger partial charge < -0.3 is 9.26 Å². The van der Waals surface area contributed by atoms with Crippen molar-refractivity contribution in [2.75, 3.05) is 26.3 Å². The lowest BCUT2D eigenvalue weighted by Gasteiger charge is -2.26. The van der Waals surface area contributed by atoms with Crippen LogP contribution in [0.25, 0.3) is 39.9 Å². The molecule has 10 heteroatoms. The quantitative estimate of drug-likeness (QED) is 0.330. The topological polar surface area (TPSA) is 95.0 Å². The van der Waals surface area contributed by atoms with Gasteiger partial charge in [-0.1, -0.05) is 46.8 Å². The van der Waals surface area contributed by atoms with Crippen molar-refractivity contribution in [1.29, 1.82) is 0 Å². The van der Waals surface area contributed by atoms with Gasteiger partial charge in [-0.3, -0.25) is 9.88 Å². The van der Waals surface area contributed by atoms with Crippen molar-refractivity contribution >= 4 is 14.5 Å². The monoisotopic (exact) mass is 497 g/mol. The number of morpholine rings is 1. The average molecular weight is 497 g/mol. The molecule has 9 nitrogen and oxygen atoms in total. The third kappa shape index (κ3) is 4.56. The maximum absolute atomic E-state index is 5.71. The number of hydrogen-bond acceptors (Lipinski definition) is 8. The summed E-state index contributed by atoms with van der Waals surface area (Å²) < 4.78 is 13.0. The SMILES string of the molecule is Pc1ccccc1-n1nnc(-c2nc(-c3cccc(CN4CCOCC4)c3)no2)c1-c1ccncc1. The molecule has 180 valence electrons. The van der Waals surface area contributed by atoms with E-state index in [9.17, 15) is 0 Å². The Morgan fingerprint density at radius 3 is 2.58 bits per heavy atom. The van der Waals surface area contributed by atoms with Crippen molar-refractivity contribution in [2.24, 2.45) is 0 Å². The van der Waals surface area contributed by atoms with Crippen LogP contribution in [-0.2, 0) is 11.3 Å². The Balaban J connectivity index is 1.36. The molecule has 1 aliphatic rings. The van der Waals surface area contributed by atoms with Gasteiger partial charge in [-0.2, -0.15) is 4.98 Å². The fourth-order valence-electron chi connectivity index (χ4n) is 4.31. The molecule has 5 aromatic rings. The highest BCUT2D eigenvalue weighted by Crippen LogP contribution is 2.32. The zero-order chi connectivity index (χ0) is 24.3. The van der Waals surface area contributed by atoms with E-state index in [0.29, 0.717) is 17.4 Å². The van der Waals surface area contributed by atoms with Gasteiger partial charge in [0.1, 0.15) is 5.69 Å². The molecular weight excluding hydrogens is 473 g/mol. The lowest BCUT2D eigenvalue weighted by molar-refractivity contribution is 0.0342. The average Bonchev–Trinajstić information content (AvgIpc) is 3.58. The van der Waals surface area contributed by atoms with Gasteiger partial charge >= 0.3 is 0 Å². The van der Waals surface area contributed by atoms with Crippen LogP contribution in [0, 0.1) is 0 Å². The van der Waals surface area contributed by atoms with E-state index in [1.165, 1.54) is 5.56 Å². The molecule has 1 atom stereocenters. The smallest absolute Gasteiger partial charge is 0.281 e. The highest BCUT2D eigenvalue weighted by molar-refractivity contribution is 7.27. The molecule has 36 heavy (non-hydrogen) atoms. The van der Waals surface area contributed by atoms with Gasteiger partial charge in [-0.05, 0) is 35.1 Å². The summed E-state index contributed by atoms with van der Waals surface area (Å²) in [4.78, 5) is 11.2. The molecule has 1 aliphatic heterocycles. The fraction of sp³-hybridized carbons (Fsp3) is 0.192. The molecule has 0 amide bonds. The number of aromatic nitrogens is 6. The van der Waals surface area contributed by atoms with E-state index in [0.717, 1.165) is 60.7 Å². The molecule has 4 heterocycles. The molecule has 0 radical (unpaired) electrons. The predicted octanol–water partition coefficient (Wildman–Crippen LogP) is 3.38. The second-order valence-corrected chi connectivity index (χ2v) is 9.13. The van der Waals surface area contributed by atoms with Gasteiger partial charge in [0.2, 0.25) is 5.82 Å². The molecule has 0 spiro atoms. The summed E-state index contributed by atoms with van der Waals surface area (Å²) in [6.45, 7) is 4.27. The molecule has 3 aromatic heterocycles. The van der Waals surface area contributed by atoms with Crippen molar-refractivity contribution in [3.05, 3.63) is 78.6 Å². The van der Waals surface area contributed by atoms with Crippen molar-refractivity contribution in [2.45, 2.75) is 6.54 Å². The number of pyridine rings is 1. The van der Waals surface area contributed by atoms with E-state index in [1.54, 1.807) is 17.1 Å². The van der Waals surface area contributed by atoms with Gasteiger partial charge in [-0.25, -0.2) is 4.68 Å². The van der Waals surface area contributed by atoms with Crippen LogP contribution in [0.15, 0.2) is 77.6 Å². The van der Waals surface area contributed by atoms with E-state index in [2.05, 4.69) is 46.7 Å². The molecular formula is C26H24N7O2P. The van der Waals surface area contributed by atoms with E-state index in [4.69, 9.17) is 14.2 Å². The maximum atomic E-state index is 5.71. The zero-order valence-corrected chi connectivity index (χ0v) is 20.6. The Hall–Kier alpha value is -3.78. The molecule has 0 N–H and O–H groups in total. The van der Waals surface area contributed by atoms with Crippen LogP contribution in [0.2, 0.25) is 0 Å². The van der Waals surface area contributed by atoms with Crippen LogP contribution in [0.3, 0.4) is 0 Å². The largest absolute Gasteiger partial charge is 0.379 e. The Morgan fingerprint density at radius 1 is 0.917 bits per heavy atom. The van der Waals surface area contributed by atoms with Crippen LogP contribution in [0.5, 0.6) is 0 Å². The van der Waals surface area contributed by atoms with E-state index >= 15 is 0 Å². The van der Waals surface area contributed by atoms with Crippen LogP contribution >= 0.6 is 9.24 Å². The first kappa shape index (κ1) is 22.7. The van der Waals surface area contributed by atoms with Gasteiger partial charge in [0, 0.05) is 43.2 Å². The second kappa shape index (κ2) is 10.1. The van der Waals surface area contributed by atoms with Crippen molar-refractivity contribution < 1.29 is 9.26 Å². The molecule has 1 unspecified atom stereocenters. The first-order valence-corrected chi connectivity index (χ1v) is 12.3. The number of nitrogens with zero attached hydrogens (tertiary/aromatic N) is 7. The number of benzene rings is 2. The standard InChI is InChI=1S/C26H24N7O2P/c36-22-7-2-1-6-21(22)33-24(19-8-10-27-11-9-19)23(29-31-33)26-28-25(30-35-26)20-5-3-4-18(16-20)17-32-12-14-34-15-13-32/h1-11,16H,12-15,17,36H2. The lowest BCUT2D eigenvalue weighted by atomic mass is 10.1. The number of rotatable bonds is 6. The number of ether oxygens (including phenoxy) is 1. The summed E-state index contributed by atoms with van der Waals surface area (Å²) in [5, 5.41) is 14.2. The molecule has 0 saturated carbocycles. The Morgan fingerprint density at radius 2 is 1.75 bits per heavy atom. The van der Waals surface area contributed by atoms with Crippen LogP contribution in [-0.4, -0.2) is 61.3 Å². The minimum absolute atomic E-state index is 0.308. The first-order chi connectivity index (χ1) is 17.8. The summed E-state index contributed by atoms with van der Waals surface area (Å²) in [5.41, 5.74) is 5.14. The Kier molecular flexibility index (Phi) is 6.34. The zero-order valence-electron chi connectivity index (χ0n) is 19.5. The molecule has 1 fully saturated rings. The normalized spacial score (nSPS) is 14.2. The Labute approximate surface area is 210 Å². The molecule has 6 rings (SSSR count). The first-order valence-electron chi connectivity index (χ1n) is 11.7. The molecule has 2 aromatic carbocycles. The second-order valence-electron chi connectivity index (χ2n) is 8.51. The predicted molar refractivity (Wildman–Crippen MR) is 139 cm³/mol. The third-order valence-electron chi connectivity index (χ3n) is 6.11. The van der Waals surface area contributed by atoms with Crippen molar-refractivity contribution in [3.63, 3.8) is 0 Å². The number of para-hydroxylation sites is 1. The van der Waals surface area contributed by atoms with Crippen LogP contribution in [0.1, 0.15) is 5.56 Å².